The van der Waals surface area contributed by atoms with Gasteiger partial charge in [0.25, 0.3) is 0 Å². The highest BCUT2D eigenvalue weighted by Gasteiger charge is 2.55. The van der Waals surface area contributed by atoms with Gasteiger partial charge in [0.05, 0.1) is 6.20 Å². The van der Waals surface area contributed by atoms with E-state index < -0.39 is 0 Å². The highest BCUT2D eigenvalue weighted by molar-refractivity contribution is 5.67. The van der Waals surface area contributed by atoms with Crippen LogP contribution in [0, 0.1) is 40.4 Å². The van der Waals surface area contributed by atoms with E-state index in [2.05, 4.69) is 27.0 Å². The maximum atomic E-state index is 12.7. The van der Waals surface area contributed by atoms with Gasteiger partial charge in [-0.25, -0.2) is 9.78 Å². The number of nitriles is 1. The fourth-order valence-electron chi connectivity index (χ4n) is 8.13. The lowest BCUT2D eigenvalue weighted by atomic mass is 9.48. The van der Waals surface area contributed by atoms with E-state index in [0.29, 0.717) is 47.6 Å². The lowest BCUT2D eigenvalue weighted by molar-refractivity contribution is -0.0683. The number of hydrogen-bond acceptors (Lipinski definition) is 7. The van der Waals surface area contributed by atoms with Crippen molar-refractivity contribution < 1.29 is 9.53 Å². The van der Waals surface area contributed by atoms with E-state index in [1.165, 1.54) is 51.4 Å². The first-order valence-electron chi connectivity index (χ1n) is 14.8. The number of anilines is 2. The number of carbonyl (C=O) groups excluding carboxylic acids is 1. The van der Waals surface area contributed by atoms with Crippen molar-refractivity contribution in [3.63, 3.8) is 0 Å². The van der Waals surface area contributed by atoms with E-state index in [1.807, 2.05) is 30.3 Å². The monoisotopic (exact) mass is 528 g/mol. The second-order valence-electron chi connectivity index (χ2n) is 12.5. The molecule has 39 heavy (non-hydrogen) atoms. The number of rotatable bonds is 9. The summed E-state index contributed by atoms with van der Waals surface area (Å²) in [6.45, 7) is 1.99. The van der Waals surface area contributed by atoms with Gasteiger partial charge in [-0.2, -0.15) is 10.2 Å². The molecular formula is C31H40N6O2. The van der Waals surface area contributed by atoms with Crippen molar-refractivity contribution in [2.24, 2.45) is 29.1 Å². The van der Waals surface area contributed by atoms with Gasteiger partial charge in [-0.15, -0.1) is 0 Å². The number of nitrogens with one attached hydrogen (secondary N) is 3. The molecule has 7 rings (SSSR count). The molecule has 0 aliphatic heterocycles. The van der Waals surface area contributed by atoms with Crippen molar-refractivity contribution in [3.05, 3.63) is 47.7 Å². The fraction of sp³-hybridized carbons (Fsp3) is 0.613. The van der Waals surface area contributed by atoms with Crippen molar-refractivity contribution in [2.45, 2.75) is 76.9 Å². The Labute approximate surface area is 231 Å². The second-order valence-corrected chi connectivity index (χ2v) is 12.5. The van der Waals surface area contributed by atoms with Crippen LogP contribution in [0.2, 0.25) is 0 Å². The fourth-order valence-corrected chi connectivity index (χ4v) is 8.13. The third-order valence-electron chi connectivity index (χ3n) is 9.71. The predicted molar refractivity (Wildman–Crippen MR) is 150 cm³/mol. The molecule has 0 spiro atoms. The molecule has 8 nitrogen and oxygen atoms in total. The lowest BCUT2D eigenvalue weighted by Crippen LogP contribution is -2.60. The molecule has 1 aromatic carbocycles. The largest absolute Gasteiger partial charge is 0.445 e. The zero-order valence-electron chi connectivity index (χ0n) is 22.7. The average molecular weight is 529 g/mol. The molecule has 0 radical (unpaired) electrons. The van der Waals surface area contributed by atoms with Crippen LogP contribution in [-0.2, 0) is 11.3 Å². The van der Waals surface area contributed by atoms with Crippen LogP contribution in [0.25, 0.3) is 0 Å². The number of hydrogen-bond donors (Lipinski definition) is 3. The van der Waals surface area contributed by atoms with Crippen LogP contribution in [0.1, 0.15) is 75.3 Å². The van der Waals surface area contributed by atoms with E-state index >= 15 is 0 Å². The van der Waals surface area contributed by atoms with Gasteiger partial charge >= 0.3 is 6.09 Å². The molecule has 1 heterocycles. The first kappa shape index (κ1) is 25.9. The number of benzene rings is 1. The van der Waals surface area contributed by atoms with Crippen LogP contribution in [0.3, 0.4) is 0 Å². The Bertz CT molecular complexity index is 1180. The molecule has 5 aliphatic carbocycles. The van der Waals surface area contributed by atoms with Crippen molar-refractivity contribution in [1.82, 2.24) is 15.3 Å². The number of amides is 1. The van der Waals surface area contributed by atoms with E-state index in [-0.39, 0.29) is 17.6 Å². The SMILES string of the molecule is N#Cc1cnc(NCC2CCCCC2)nc1NCC12CC3C[C@H](C1)C(NC(=O)OCc1ccccc1)[C@@H](C3)C2. The van der Waals surface area contributed by atoms with Gasteiger partial charge in [-0.3, -0.25) is 0 Å². The number of ether oxygens (including phenoxy) is 1. The molecule has 3 N–H and O–H groups in total. The molecule has 5 atom stereocenters. The van der Waals surface area contributed by atoms with E-state index in [4.69, 9.17) is 9.72 Å². The Morgan fingerprint density at radius 1 is 1.05 bits per heavy atom. The van der Waals surface area contributed by atoms with Crippen molar-refractivity contribution in [3.8, 4) is 6.07 Å². The lowest BCUT2D eigenvalue weighted by Gasteiger charge is -2.60. The summed E-state index contributed by atoms with van der Waals surface area (Å²) < 4.78 is 5.55. The minimum absolute atomic E-state index is 0.177. The summed E-state index contributed by atoms with van der Waals surface area (Å²) in [4.78, 5) is 21.8. The van der Waals surface area contributed by atoms with Crippen molar-refractivity contribution in [1.29, 1.82) is 5.26 Å². The van der Waals surface area contributed by atoms with Crippen LogP contribution in [0.4, 0.5) is 16.6 Å². The molecule has 5 fully saturated rings. The Morgan fingerprint density at radius 2 is 1.82 bits per heavy atom. The number of carbonyl (C=O) groups is 1. The number of aromatic nitrogens is 2. The Kier molecular flexibility index (Phi) is 7.58. The molecule has 1 amide bonds. The molecule has 0 saturated heterocycles. The normalized spacial score (nSPS) is 29.4. The van der Waals surface area contributed by atoms with Gasteiger partial charge in [0.15, 0.2) is 0 Å². The zero-order chi connectivity index (χ0) is 26.7. The van der Waals surface area contributed by atoms with Gasteiger partial charge in [0.2, 0.25) is 5.95 Å². The summed E-state index contributed by atoms with van der Waals surface area (Å²) in [7, 11) is 0. The summed E-state index contributed by atoms with van der Waals surface area (Å²) in [5.74, 6) is 3.56. The number of nitrogens with zero attached hydrogens (tertiary/aromatic N) is 3. The molecule has 8 heteroatoms. The third kappa shape index (κ3) is 5.98. The van der Waals surface area contributed by atoms with Gasteiger partial charge in [-0.05, 0) is 79.6 Å². The number of alkyl carbamates (subject to hydrolysis) is 1. The Hall–Kier alpha value is -3.34. The molecule has 1 aromatic heterocycles. The second kappa shape index (κ2) is 11.4. The summed E-state index contributed by atoms with van der Waals surface area (Å²) >= 11 is 0. The molecule has 206 valence electrons. The summed E-state index contributed by atoms with van der Waals surface area (Å²) in [5.41, 5.74) is 1.66. The van der Waals surface area contributed by atoms with Gasteiger partial charge in [-0.1, -0.05) is 49.6 Å². The van der Waals surface area contributed by atoms with Gasteiger partial charge in [0.1, 0.15) is 24.1 Å². The molecule has 5 aliphatic rings. The predicted octanol–water partition coefficient (Wildman–Crippen LogP) is 5.87. The van der Waals surface area contributed by atoms with Crippen LogP contribution >= 0.6 is 0 Å². The standard InChI is InChI=1S/C31H40N6O2/c32-16-26-18-34-29(33-17-21-7-3-1-4-8-21)37-28(26)35-20-31-13-23-11-24(14-31)27(25(12-23)15-31)36-30(38)39-19-22-9-5-2-6-10-22/h2,5-6,9-10,18,21,23-25,27H,1,3-4,7-8,11-15,17,19-20H2,(H,36,38)(H2,33,34,35,37)/t23?,24-,25+,27?,31?. The van der Waals surface area contributed by atoms with Crippen LogP contribution < -0.4 is 16.0 Å². The minimum Gasteiger partial charge on any atom is -0.445 e. The first-order valence-corrected chi connectivity index (χ1v) is 14.8. The topological polar surface area (TPSA) is 112 Å². The Balaban J connectivity index is 1.06. The van der Waals surface area contributed by atoms with Gasteiger partial charge in [0, 0.05) is 19.1 Å². The summed E-state index contributed by atoms with van der Waals surface area (Å²) in [5, 5.41) is 19.9. The maximum Gasteiger partial charge on any atom is 0.407 e. The summed E-state index contributed by atoms with van der Waals surface area (Å²) in [6, 6.07) is 12.3. The van der Waals surface area contributed by atoms with Crippen LogP contribution in [0.5, 0.6) is 0 Å². The molecular weight excluding hydrogens is 488 g/mol. The quantitative estimate of drug-likeness (QED) is 0.373. The van der Waals surface area contributed by atoms with E-state index in [9.17, 15) is 10.1 Å². The van der Waals surface area contributed by atoms with E-state index in [1.54, 1.807) is 6.20 Å². The summed E-state index contributed by atoms with van der Waals surface area (Å²) in [6.07, 6.45) is 13.5. The van der Waals surface area contributed by atoms with E-state index in [0.717, 1.165) is 31.5 Å². The highest BCUT2D eigenvalue weighted by atomic mass is 16.5. The molecule has 5 saturated carbocycles. The van der Waals surface area contributed by atoms with Gasteiger partial charge < -0.3 is 20.7 Å². The van der Waals surface area contributed by atoms with Crippen LogP contribution in [-0.4, -0.2) is 35.2 Å². The molecule has 3 unspecified atom stereocenters. The minimum atomic E-state index is -0.309. The van der Waals surface area contributed by atoms with Crippen LogP contribution in [0.15, 0.2) is 36.5 Å². The molecule has 4 bridgehead atoms. The molecule has 2 aromatic rings. The highest BCUT2D eigenvalue weighted by Crippen LogP contribution is 2.60. The third-order valence-corrected chi connectivity index (χ3v) is 9.71. The smallest absolute Gasteiger partial charge is 0.407 e. The first-order chi connectivity index (χ1) is 19.1. The average Bonchev–Trinajstić information content (AvgIpc) is 2.96. The maximum absolute atomic E-state index is 12.7. The Morgan fingerprint density at radius 3 is 2.56 bits per heavy atom. The zero-order valence-corrected chi connectivity index (χ0v) is 22.7. The van der Waals surface area contributed by atoms with Crippen molar-refractivity contribution in [2.75, 3.05) is 23.7 Å². The van der Waals surface area contributed by atoms with Crippen molar-refractivity contribution >= 4 is 17.9 Å².